The Kier molecular flexibility index (Phi) is 6.42. The van der Waals surface area contributed by atoms with Gasteiger partial charge in [0, 0.05) is 4.47 Å². The Balaban J connectivity index is 2.04. The predicted octanol–water partition coefficient (Wildman–Crippen LogP) is 6.38. The fourth-order valence-corrected chi connectivity index (χ4v) is 5.90. The van der Waals surface area contributed by atoms with Crippen molar-refractivity contribution in [2.75, 3.05) is 11.8 Å². The lowest BCUT2D eigenvalue weighted by Gasteiger charge is -2.18. The molecule has 1 aliphatic heterocycles. The Morgan fingerprint density at radius 2 is 1.76 bits per heavy atom. The molecule has 4 rings (SSSR count). The molecule has 178 valence electrons. The summed E-state index contributed by atoms with van der Waals surface area (Å²) in [5.74, 6) is -1.01. The van der Waals surface area contributed by atoms with Gasteiger partial charge in [0.05, 0.1) is 28.4 Å². The van der Waals surface area contributed by atoms with E-state index in [0.29, 0.717) is 15.6 Å². The number of esters is 1. The Hall–Kier alpha value is -2.57. The first-order chi connectivity index (χ1) is 15.9. The minimum Gasteiger partial charge on any atom is -0.494 e. The average Bonchev–Trinajstić information content (AvgIpc) is 2.76. The molecule has 6 nitrogen and oxygen atoms in total. The van der Waals surface area contributed by atoms with Crippen molar-refractivity contribution in [3.05, 3.63) is 74.2 Å². The van der Waals surface area contributed by atoms with Crippen LogP contribution in [0.2, 0.25) is 0 Å². The second kappa shape index (κ2) is 8.90. The maximum Gasteiger partial charge on any atom is 0.418 e. The van der Waals surface area contributed by atoms with E-state index in [4.69, 9.17) is 9.47 Å². The van der Waals surface area contributed by atoms with Gasteiger partial charge in [-0.05, 0) is 69.0 Å². The molecule has 0 amide bonds. The number of methoxy groups -OCH3 is 1. The van der Waals surface area contributed by atoms with Gasteiger partial charge in [0.15, 0.2) is 5.75 Å². The summed E-state index contributed by atoms with van der Waals surface area (Å²) in [6.45, 7) is -0.197. The Morgan fingerprint density at radius 3 is 2.44 bits per heavy atom. The van der Waals surface area contributed by atoms with E-state index in [1.165, 1.54) is 19.2 Å². The van der Waals surface area contributed by atoms with Crippen molar-refractivity contribution in [3.8, 4) is 16.9 Å². The van der Waals surface area contributed by atoms with E-state index in [9.17, 15) is 26.4 Å². The number of hydrogen-bond acceptors (Lipinski definition) is 5. The smallest absolute Gasteiger partial charge is 0.418 e. The number of cyclic esters (lactones) is 1. The third kappa shape index (κ3) is 4.66. The summed E-state index contributed by atoms with van der Waals surface area (Å²) >= 11 is 6.48. The third-order valence-corrected chi connectivity index (χ3v) is 7.50. The molecule has 3 aromatic rings. The monoisotopic (exact) mass is 619 g/mol. The van der Waals surface area contributed by atoms with Crippen LogP contribution < -0.4 is 9.46 Å². The highest BCUT2D eigenvalue weighted by molar-refractivity contribution is 9.10. The average molecular weight is 621 g/mol. The van der Waals surface area contributed by atoms with Crippen molar-refractivity contribution in [1.82, 2.24) is 0 Å². The van der Waals surface area contributed by atoms with E-state index in [1.54, 1.807) is 18.2 Å². The van der Waals surface area contributed by atoms with Crippen LogP contribution in [-0.2, 0) is 27.5 Å². The van der Waals surface area contributed by atoms with Gasteiger partial charge in [0.25, 0.3) is 10.0 Å². The minimum atomic E-state index is -4.84. The zero-order valence-corrected chi connectivity index (χ0v) is 21.2. The normalized spacial score (nSPS) is 15.1. The number of sulfonamides is 1. The number of carbonyl (C=O) groups is 1. The van der Waals surface area contributed by atoms with Crippen LogP contribution in [0.5, 0.6) is 5.75 Å². The molecule has 0 aromatic heterocycles. The highest BCUT2D eigenvalue weighted by Crippen LogP contribution is 2.41. The van der Waals surface area contributed by atoms with E-state index in [0.717, 1.165) is 18.2 Å². The van der Waals surface area contributed by atoms with Gasteiger partial charge < -0.3 is 9.47 Å². The number of anilines is 1. The predicted molar refractivity (Wildman–Crippen MR) is 125 cm³/mol. The van der Waals surface area contributed by atoms with Crippen LogP contribution in [0.25, 0.3) is 11.1 Å². The summed E-state index contributed by atoms with van der Waals surface area (Å²) < 4.78 is 81.1. The van der Waals surface area contributed by atoms with Gasteiger partial charge in [-0.3, -0.25) is 4.72 Å². The van der Waals surface area contributed by atoms with Gasteiger partial charge in [-0.2, -0.15) is 13.2 Å². The Labute approximate surface area is 209 Å². The molecule has 12 heteroatoms. The van der Waals surface area contributed by atoms with Crippen LogP contribution in [0.1, 0.15) is 21.5 Å². The number of rotatable bonds is 1. The number of benzene rings is 3. The molecule has 0 aliphatic carbocycles. The largest absolute Gasteiger partial charge is 0.494 e. The van der Waals surface area contributed by atoms with Crippen molar-refractivity contribution >= 4 is 53.5 Å². The number of carbonyl (C=O) groups excluding carboxylic acids is 1. The number of nitrogens with one attached hydrogen (secondary N) is 1. The molecule has 1 heterocycles. The molecule has 4 bridgehead atoms. The summed E-state index contributed by atoms with van der Waals surface area (Å²) in [6, 6.07) is 10.4. The summed E-state index contributed by atoms with van der Waals surface area (Å²) in [5.41, 5.74) is -0.720. The molecule has 34 heavy (non-hydrogen) atoms. The molecular weight excluding hydrogens is 607 g/mol. The van der Waals surface area contributed by atoms with E-state index in [1.807, 2.05) is 4.72 Å². The van der Waals surface area contributed by atoms with Crippen LogP contribution >= 0.6 is 31.9 Å². The molecule has 1 N–H and O–H groups in total. The number of fused-ring (bicyclic) bond motifs is 6. The zero-order valence-electron chi connectivity index (χ0n) is 17.2. The standard InChI is InChI=1S/C22H14Br2F3NO5S/c1-32-20-17(24)6-13-8-19(20)34(30,31)28-18-7-11(3-5-16(18)22(25,26)27)15-9-14(23)4-2-12(15)10-33-21(13)29/h2-9,28H,10H2,1H3. The maximum atomic E-state index is 13.8. The van der Waals surface area contributed by atoms with Gasteiger partial charge in [0.2, 0.25) is 0 Å². The van der Waals surface area contributed by atoms with Crippen molar-refractivity contribution in [2.24, 2.45) is 0 Å². The Morgan fingerprint density at radius 1 is 1.03 bits per heavy atom. The van der Waals surface area contributed by atoms with Crippen LogP contribution in [0.15, 0.2) is 62.4 Å². The van der Waals surface area contributed by atoms with E-state index < -0.39 is 38.3 Å². The molecule has 0 radical (unpaired) electrons. The summed E-state index contributed by atoms with van der Waals surface area (Å²) in [4.78, 5) is 12.2. The molecule has 0 spiro atoms. The number of ether oxygens (including phenoxy) is 2. The number of halogens is 5. The highest BCUT2D eigenvalue weighted by Gasteiger charge is 2.36. The zero-order chi connectivity index (χ0) is 24.8. The van der Waals surface area contributed by atoms with Gasteiger partial charge in [-0.25, -0.2) is 13.2 Å². The second-order valence-corrected chi connectivity index (χ2v) is 10.7. The van der Waals surface area contributed by atoms with Gasteiger partial charge in [0.1, 0.15) is 11.5 Å². The molecule has 0 atom stereocenters. The van der Waals surface area contributed by atoms with Crippen molar-refractivity contribution in [2.45, 2.75) is 17.7 Å². The molecule has 0 saturated heterocycles. The molecule has 3 aromatic carbocycles. The second-order valence-electron chi connectivity index (χ2n) is 7.23. The minimum absolute atomic E-state index is 0.105. The first-order valence-electron chi connectivity index (χ1n) is 9.48. The van der Waals surface area contributed by atoms with E-state index in [2.05, 4.69) is 31.9 Å². The highest BCUT2D eigenvalue weighted by atomic mass is 79.9. The van der Waals surface area contributed by atoms with Crippen LogP contribution in [0, 0.1) is 0 Å². The summed E-state index contributed by atoms with van der Waals surface area (Å²) in [7, 11) is -3.44. The fraction of sp³-hybridized carbons (Fsp3) is 0.136. The first kappa shape index (κ1) is 24.6. The molecule has 0 fully saturated rings. The topological polar surface area (TPSA) is 81.7 Å². The van der Waals surface area contributed by atoms with Crippen LogP contribution in [0.4, 0.5) is 18.9 Å². The SMILES string of the molecule is COc1c(Br)cc2cc1S(=O)(=O)Nc1cc(ccc1C(F)(F)F)-c1cc(Br)ccc1COC2=O. The lowest BCUT2D eigenvalue weighted by Crippen LogP contribution is -2.19. The molecule has 0 unspecified atom stereocenters. The molecular formula is C22H14Br2F3NO5S. The van der Waals surface area contributed by atoms with Gasteiger partial charge in [-0.15, -0.1) is 0 Å². The Bertz CT molecular complexity index is 1420. The van der Waals surface area contributed by atoms with Gasteiger partial charge in [-0.1, -0.05) is 28.1 Å². The van der Waals surface area contributed by atoms with Gasteiger partial charge >= 0.3 is 12.1 Å². The lowest BCUT2D eigenvalue weighted by molar-refractivity contribution is -0.136. The molecule has 1 aliphatic rings. The van der Waals surface area contributed by atoms with Crippen molar-refractivity contribution in [3.63, 3.8) is 0 Å². The maximum absolute atomic E-state index is 13.8. The van der Waals surface area contributed by atoms with Crippen LogP contribution in [0.3, 0.4) is 0 Å². The van der Waals surface area contributed by atoms with Crippen molar-refractivity contribution in [1.29, 1.82) is 0 Å². The molecule has 0 saturated carbocycles. The van der Waals surface area contributed by atoms with Crippen molar-refractivity contribution < 1.29 is 35.9 Å². The lowest BCUT2D eigenvalue weighted by atomic mass is 9.98. The quantitative estimate of drug-likeness (QED) is 0.320. The first-order valence-corrected chi connectivity index (χ1v) is 12.5. The van der Waals surface area contributed by atoms with E-state index in [-0.39, 0.29) is 28.0 Å². The number of alkyl halides is 3. The summed E-state index contributed by atoms with van der Waals surface area (Å²) in [5, 5.41) is 0. The number of hydrogen-bond donors (Lipinski definition) is 1. The van der Waals surface area contributed by atoms with E-state index >= 15 is 0 Å². The fourth-order valence-electron chi connectivity index (χ4n) is 3.50. The summed E-state index contributed by atoms with van der Waals surface area (Å²) in [6.07, 6.45) is -4.84. The third-order valence-electron chi connectivity index (χ3n) is 5.05. The van der Waals surface area contributed by atoms with Crippen LogP contribution in [-0.4, -0.2) is 21.5 Å².